The van der Waals surface area contributed by atoms with Crippen molar-refractivity contribution >= 4 is 43.2 Å². The zero-order valence-electron chi connectivity index (χ0n) is 14.8. The lowest BCUT2D eigenvalue weighted by Gasteiger charge is -2.04. The Morgan fingerprint density at radius 3 is 2.10 bits per heavy atom. The van der Waals surface area contributed by atoms with E-state index in [1.807, 2.05) is 22.9 Å². The van der Waals surface area contributed by atoms with Crippen molar-refractivity contribution in [2.45, 2.75) is 0 Å². The second-order valence-electron chi connectivity index (χ2n) is 5.18. The van der Waals surface area contributed by atoms with Crippen LogP contribution in [-0.2, 0) is 0 Å². The van der Waals surface area contributed by atoms with E-state index in [1.54, 1.807) is 43.4 Å². The molecule has 0 atom stereocenters. The Bertz CT molecular complexity index is 1100. The van der Waals surface area contributed by atoms with Crippen molar-refractivity contribution in [3.63, 3.8) is 0 Å². The van der Waals surface area contributed by atoms with Crippen LogP contribution in [-0.4, -0.2) is 19.5 Å². The number of nitrogens with one attached hydrogen (secondary N) is 1. The molecule has 1 N–H and O–H groups in total. The number of nitrogens with zero attached hydrogens (tertiary/aromatic N) is 5. The number of halogens is 3. The molecule has 0 radical (unpaired) electrons. The number of imidazole rings is 2. The number of rotatable bonds is 1. The SMILES string of the molecule is [C-]#[N+]c1cc(Br)ccc1-n1ccnc1.[C-]#[N+]c1cc(Br)ccc1F.c1c[nH]cn1. The van der Waals surface area contributed by atoms with E-state index in [1.165, 1.54) is 12.1 Å². The summed E-state index contributed by atoms with van der Waals surface area (Å²) in [5, 5.41) is 0. The van der Waals surface area contributed by atoms with Crippen LogP contribution in [0.1, 0.15) is 0 Å². The molecule has 4 aromatic rings. The molecule has 0 aliphatic rings. The summed E-state index contributed by atoms with van der Waals surface area (Å²) in [6, 6.07) is 9.86. The van der Waals surface area contributed by atoms with Gasteiger partial charge in [-0.05, 0) is 36.4 Å². The molecule has 0 amide bonds. The number of aromatic nitrogens is 4. The van der Waals surface area contributed by atoms with E-state index in [0.717, 1.165) is 14.6 Å². The normalized spacial score (nSPS) is 9.14. The van der Waals surface area contributed by atoms with Crippen LogP contribution in [0.2, 0.25) is 0 Å². The number of hydrogen-bond acceptors (Lipinski definition) is 2. The zero-order valence-corrected chi connectivity index (χ0v) is 18.0. The van der Waals surface area contributed by atoms with Crippen LogP contribution in [0.5, 0.6) is 0 Å². The van der Waals surface area contributed by atoms with Crippen molar-refractivity contribution < 1.29 is 4.39 Å². The quantitative estimate of drug-likeness (QED) is 0.285. The van der Waals surface area contributed by atoms with Crippen LogP contribution in [0.3, 0.4) is 0 Å². The predicted octanol–water partition coefficient (Wildman–Crippen LogP) is 6.73. The highest BCUT2D eigenvalue weighted by atomic mass is 79.9. The highest BCUT2D eigenvalue weighted by molar-refractivity contribution is 9.10. The summed E-state index contributed by atoms with van der Waals surface area (Å²) in [5.41, 5.74) is 1.51. The molecule has 0 aliphatic carbocycles. The van der Waals surface area contributed by atoms with Gasteiger partial charge in [0.05, 0.1) is 31.5 Å². The first kappa shape index (κ1) is 22.0. The molecule has 9 heteroatoms. The Labute approximate surface area is 184 Å². The summed E-state index contributed by atoms with van der Waals surface area (Å²) in [6.45, 7) is 13.6. The maximum absolute atomic E-state index is 12.5. The molecule has 29 heavy (non-hydrogen) atoms. The van der Waals surface area contributed by atoms with Crippen molar-refractivity contribution in [2.24, 2.45) is 0 Å². The first-order valence-corrected chi connectivity index (χ1v) is 9.54. The zero-order chi connectivity index (χ0) is 21.1. The number of hydrogen-bond donors (Lipinski definition) is 1. The third-order valence-corrected chi connectivity index (χ3v) is 4.26. The molecule has 0 saturated carbocycles. The maximum atomic E-state index is 12.5. The molecule has 0 fully saturated rings. The van der Waals surface area contributed by atoms with Gasteiger partial charge in [0.15, 0.2) is 0 Å². The molecular weight excluding hydrogens is 503 g/mol. The average molecular weight is 516 g/mol. The van der Waals surface area contributed by atoms with Gasteiger partial charge < -0.3 is 9.55 Å². The van der Waals surface area contributed by atoms with Crippen molar-refractivity contribution in [1.82, 2.24) is 19.5 Å². The standard InChI is InChI=1S/C10H6BrN3.C7H3BrFN.C3H4N2/c1-12-9-6-8(11)2-3-10(9)14-5-4-13-7-14;1-10-7-4-5(8)2-3-6(7)9;1-2-5-3-4-1/h2-7H;2-4H;1-3H,(H,4,5). The van der Waals surface area contributed by atoms with E-state index < -0.39 is 5.82 Å². The molecule has 0 unspecified atom stereocenters. The topological polar surface area (TPSA) is 55.2 Å². The Morgan fingerprint density at radius 1 is 0.931 bits per heavy atom. The lowest BCUT2D eigenvalue weighted by molar-refractivity contribution is 0.633. The molecule has 144 valence electrons. The van der Waals surface area contributed by atoms with Crippen molar-refractivity contribution in [2.75, 3.05) is 0 Å². The summed E-state index contributed by atoms with van der Waals surface area (Å²) in [7, 11) is 0. The van der Waals surface area contributed by atoms with E-state index in [2.05, 4.69) is 56.5 Å². The van der Waals surface area contributed by atoms with Gasteiger partial charge in [0.25, 0.3) is 0 Å². The minimum atomic E-state index is -0.474. The lowest BCUT2D eigenvalue weighted by atomic mass is 10.2. The summed E-state index contributed by atoms with van der Waals surface area (Å²) in [4.78, 5) is 16.8. The van der Waals surface area contributed by atoms with Crippen LogP contribution >= 0.6 is 31.9 Å². The van der Waals surface area contributed by atoms with Crippen LogP contribution < -0.4 is 0 Å². The third kappa shape index (κ3) is 7.00. The van der Waals surface area contributed by atoms with Crippen LogP contribution in [0.15, 0.2) is 82.8 Å². The summed E-state index contributed by atoms with van der Waals surface area (Å²) in [5.74, 6) is -0.474. The summed E-state index contributed by atoms with van der Waals surface area (Å²) < 4.78 is 16.0. The molecule has 0 aliphatic heterocycles. The van der Waals surface area contributed by atoms with Gasteiger partial charge in [-0.1, -0.05) is 31.9 Å². The Hall–Kier alpha value is -3.27. The molecule has 2 aromatic heterocycles. The van der Waals surface area contributed by atoms with Crippen LogP contribution in [0.25, 0.3) is 15.4 Å². The van der Waals surface area contributed by atoms with Crippen LogP contribution in [0, 0.1) is 19.0 Å². The van der Waals surface area contributed by atoms with Gasteiger partial charge in [0.2, 0.25) is 11.4 Å². The van der Waals surface area contributed by atoms with Gasteiger partial charge in [0, 0.05) is 33.7 Å². The van der Waals surface area contributed by atoms with E-state index >= 15 is 0 Å². The Kier molecular flexibility index (Phi) is 8.77. The van der Waals surface area contributed by atoms with Gasteiger partial charge in [-0.25, -0.2) is 24.0 Å². The largest absolute Gasteiger partial charge is 0.351 e. The van der Waals surface area contributed by atoms with E-state index in [4.69, 9.17) is 13.1 Å². The fourth-order valence-electron chi connectivity index (χ4n) is 1.99. The molecule has 2 aromatic carbocycles. The molecule has 4 rings (SSSR count). The highest BCUT2D eigenvalue weighted by Gasteiger charge is 2.04. The van der Waals surface area contributed by atoms with Gasteiger partial charge in [-0.3, -0.25) is 0 Å². The van der Waals surface area contributed by atoms with Gasteiger partial charge in [-0.15, -0.1) is 0 Å². The third-order valence-electron chi connectivity index (χ3n) is 3.28. The van der Waals surface area contributed by atoms with Crippen molar-refractivity contribution in [3.05, 3.63) is 111 Å². The second-order valence-corrected chi connectivity index (χ2v) is 7.01. The van der Waals surface area contributed by atoms with Crippen molar-refractivity contribution in [3.8, 4) is 5.69 Å². The Morgan fingerprint density at radius 2 is 1.62 bits per heavy atom. The predicted molar refractivity (Wildman–Crippen MR) is 116 cm³/mol. The van der Waals surface area contributed by atoms with Crippen molar-refractivity contribution in [1.29, 1.82) is 0 Å². The highest BCUT2D eigenvalue weighted by Crippen LogP contribution is 2.27. The number of H-pyrrole nitrogens is 1. The van der Waals surface area contributed by atoms with Gasteiger partial charge in [-0.2, -0.15) is 0 Å². The maximum Gasteiger partial charge on any atom is 0.223 e. The first-order valence-electron chi connectivity index (χ1n) is 7.95. The summed E-state index contributed by atoms with van der Waals surface area (Å²) in [6.07, 6.45) is 10.3. The van der Waals surface area contributed by atoms with E-state index in [9.17, 15) is 4.39 Å². The second kappa shape index (κ2) is 11.5. The minimum Gasteiger partial charge on any atom is -0.351 e. The number of benzene rings is 2. The van der Waals surface area contributed by atoms with Gasteiger partial charge >= 0.3 is 0 Å². The number of aromatic amines is 1. The lowest BCUT2D eigenvalue weighted by Crippen LogP contribution is -1.89. The smallest absolute Gasteiger partial charge is 0.223 e. The van der Waals surface area contributed by atoms with E-state index in [-0.39, 0.29) is 5.69 Å². The first-order chi connectivity index (χ1) is 14.0. The monoisotopic (exact) mass is 514 g/mol. The molecule has 0 spiro atoms. The molecule has 0 bridgehead atoms. The van der Waals surface area contributed by atoms with Gasteiger partial charge in [0.1, 0.15) is 5.82 Å². The Balaban J connectivity index is 0.000000173. The molecule has 2 heterocycles. The summed E-state index contributed by atoms with van der Waals surface area (Å²) >= 11 is 6.46. The minimum absolute atomic E-state index is 0.0503. The molecule has 0 saturated heterocycles. The average Bonchev–Trinajstić information content (AvgIpc) is 3.47. The van der Waals surface area contributed by atoms with Crippen LogP contribution in [0.4, 0.5) is 15.8 Å². The van der Waals surface area contributed by atoms with E-state index in [0.29, 0.717) is 5.69 Å². The molecular formula is C20H13Br2FN6. The fourth-order valence-corrected chi connectivity index (χ4v) is 2.69. The fraction of sp³-hybridized carbons (Fsp3) is 0. The molecule has 6 nitrogen and oxygen atoms in total.